The van der Waals surface area contributed by atoms with E-state index in [0.29, 0.717) is 6.42 Å². The lowest BCUT2D eigenvalue weighted by molar-refractivity contribution is -0.121. The molecule has 3 nitrogen and oxygen atoms in total. The van der Waals surface area contributed by atoms with Gasteiger partial charge in [-0.3, -0.25) is 4.79 Å². The van der Waals surface area contributed by atoms with Crippen LogP contribution in [0.2, 0.25) is 0 Å². The molecular formula is C10H20N2O. The molecule has 2 N–H and O–H groups in total. The summed E-state index contributed by atoms with van der Waals surface area (Å²) in [4.78, 5) is 11.2. The Morgan fingerprint density at radius 3 is 2.77 bits per heavy atom. The maximum atomic E-state index is 11.2. The number of amides is 1. The van der Waals surface area contributed by atoms with E-state index in [2.05, 4.69) is 17.6 Å². The molecular weight excluding hydrogens is 164 g/mol. The molecule has 2 atom stereocenters. The molecule has 0 aromatic carbocycles. The van der Waals surface area contributed by atoms with E-state index in [4.69, 9.17) is 0 Å². The second-order valence-electron chi connectivity index (χ2n) is 3.98. The van der Waals surface area contributed by atoms with Gasteiger partial charge in [-0.25, -0.2) is 0 Å². The Hall–Kier alpha value is -0.570. The van der Waals surface area contributed by atoms with Crippen LogP contribution in [0.3, 0.4) is 0 Å². The highest BCUT2D eigenvalue weighted by Gasteiger charge is 2.32. The molecule has 0 radical (unpaired) electrons. The average molecular weight is 184 g/mol. The second kappa shape index (κ2) is 5.22. The number of nitrogens with one attached hydrogen (secondary N) is 2. The van der Waals surface area contributed by atoms with Gasteiger partial charge in [-0.15, -0.1) is 0 Å². The van der Waals surface area contributed by atoms with Gasteiger partial charge >= 0.3 is 0 Å². The van der Waals surface area contributed by atoms with E-state index in [-0.39, 0.29) is 5.91 Å². The van der Waals surface area contributed by atoms with Gasteiger partial charge < -0.3 is 10.6 Å². The SMILES string of the molecule is CNCCCC(=O)NCC1CC1C. The number of hydrogen-bond acceptors (Lipinski definition) is 2. The summed E-state index contributed by atoms with van der Waals surface area (Å²) in [6.45, 7) is 4.05. The predicted molar refractivity (Wildman–Crippen MR) is 53.4 cm³/mol. The van der Waals surface area contributed by atoms with E-state index < -0.39 is 0 Å². The number of carbonyl (C=O) groups excluding carboxylic acids is 1. The van der Waals surface area contributed by atoms with Gasteiger partial charge in [-0.05, 0) is 38.3 Å². The Morgan fingerprint density at radius 1 is 1.54 bits per heavy atom. The van der Waals surface area contributed by atoms with Gasteiger partial charge in [0.15, 0.2) is 0 Å². The third-order valence-electron chi connectivity index (χ3n) is 2.67. The zero-order valence-corrected chi connectivity index (χ0v) is 8.60. The monoisotopic (exact) mass is 184 g/mol. The predicted octanol–water partition coefficient (Wildman–Crippen LogP) is 0.758. The molecule has 1 saturated carbocycles. The van der Waals surface area contributed by atoms with E-state index in [1.807, 2.05) is 7.05 Å². The lowest BCUT2D eigenvalue weighted by atomic mass is 10.3. The molecule has 76 valence electrons. The molecule has 3 heteroatoms. The van der Waals surface area contributed by atoms with Crippen molar-refractivity contribution < 1.29 is 4.79 Å². The topological polar surface area (TPSA) is 41.1 Å². The van der Waals surface area contributed by atoms with E-state index in [0.717, 1.165) is 31.3 Å². The normalized spacial score (nSPS) is 25.7. The number of carbonyl (C=O) groups is 1. The summed E-state index contributed by atoms with van der Waals surface area (Å²) in [5, 5.41) is 5.99. The summed E-state index contributed by atoms with van der Waals surface area (Å²) in [6, 6.07) is 0. The Balaban J connectivity index is 1.92. The molecule has 0 saturated heterocycles. The van der Waals surface area contributed by atoms with Crippen molar-refractivity contribution in [2.45, 2.75) is 26.2 Å². The summed E-state index contributed by atoms with van der Waals surface area (Å²) >= 11 is 0. The molecule has 13 heavy (non-hydrogen) atoms. The molecule has 1 aliphatic rings. The van der Waals surface area contributed by atoms with Crippen LogP contribution in [0.1, 0.15) is 26.2 Å². The Bertz CT molecular complexity index is 170. The average Bonchev–Trinajstić information content (AvgIpc) is 2.79. The standard InChI is InChI=1S/C10H20N2O/c1-8-6-9(8)7-12-10(13)4-3-5-11-2/h8-9,11H,3-7H2,1-2H3,(H,12,13). The van der Waals surface area contributed by atoms with E-state index in [1.54, 1.807) is 0 Å². The molecule has 0 heterocycles. The highest BCUT2D eigenvalue weighted by atomic mass is 16.1. The number of hydrogen-bond donors (Lipinski definition) is 2. The smallest absolute Gasteiger partial charge is 0.220 e. The Morgan fingerprint density at radius 2 is 2.23 bits per heavy atom. The van der Waals surface area contributed by atoms with Crippen LogP contribution in [0.4, 0.5) is 0 Å². The van der Waals surface area contributed by atoms with Crippen molar-refractivity contribution in [1.82, 2.24) is 10.6 Å². The molecule has 0 bridgehead atoms. The minimum absolute atomic E-state index is 0.203. The Kier molecular flexibility index (Phi) is 4.22. The lowest BCUT2D eigenvalue weighted by Crippen LogP contribution is -2.26. The lowest BCUT2D eigenvalue weighted by Gasteiger charge is -2.03. The zero-order valence-electron chi connectivity index (χ0n) is 8.60. The largest absolute Gasteiger partial charge is 0.356 e. The molecule has 1 aliphatic carbocycles. The number of rotatable bonds is 6. The van der Waals surface area contributed by atoms with Gasteiger partial charge in [-0.2, -0.15) is 0 Å². The van der Waals surface area contributed by atoms with Crippen LogP contribution < -0.4 is 10.6 Å². The van der Waals surface area contributed by atoms with Crippen LogP contribution in [0.25, 0.3) is 0 Å². The van der Waals surface area contributed by atoms with Gasteiger partial charge in [0, 0.05) is 13.0 Å². The van der Waals surface area contributed by atoms with Crippen LogP contribution in [0, 0.1) is 11.8 Å². The van der Waals surface area contributed by atoms with Crippen LogP contribution in [-0.4, -0.2) is 26.0 Å². The maximum Gasteiger partial charge on any atom is 0.220 e. The van der Waals surface area contributed by atoms with Crippen molar-refractivity contribution >= 4 is 5.91 Å². The van der Waals surface area contributed by atoms with Gasteiger partial charge in [0.05, 0.1) is 0 Å². The molecule has 1 rings (SSSR count). The third-order valence-corrected chi connectivity index (χ3v) is 2.67. The summed E-state index contributed by atoms with van der Waals surface area (Å²) < 4.78 is 0. The molecule has 1 fully saturated rings. The molecule has 0 aromatic rings. The van der Waals surface area contributed by atoms with Gasteiger partial charge in [0.25, 0.3) is 0 Å². The maximum absolute atomic E-state index is 11.2. The fourth-order valence-electron chi connectivity index (χ4n) is 1.44. The minimum Gasteiger partial charge on any atom is -0.356 e. The van der Waals surface area contributed by atoms with Crippen molar-refractivity contribution in [3.8, 4) is 0 Å². The molecule has 0 spiro atoms. The van der Waals surface area contributed by atoms with Crippen molar-refractivity contribution in [2.75, 3.05) is 20.1 Å². The fourth-order valence-corrected chi connectivity index (χ4v) is 1.44. The quantitative estimate of drug-likeness (QED) is 0.598. The van der Waals surface area contributed by atoms with E-state index in [9.17, 15) is 4.79 Å². The minimum atomic E-state index is 0.203. The second-order valence-corrected chi connectivity index (χ2v) is 3.98. The summed E-state index contributed by atoms with van der Waals surface area (Å²) in [7, 11) is 1.91. The van der Waals surface area contributed by atoms with E-state index in [1.165, 1.54) is 6.42 Å². The van der Waals surface area contributed by atoms with Gasteiger partial charge in [0.2, 0.25) is 5.91 Å². The third kappa shape index (κ3) is 4.27. The fraction of sp³-hybridized carbons (Fsp3) is 0.900. The first-order valence-corrected chi connectivity index (χ1v) is 5.15. The Labute approximate surface area is 80.3 Å². The van der Waals surface area contributed by atoms with Crippen LogP contribution in [-0.2, 0) is 4.79 Å². The van der Waals surface area contributed by atoms with Crippen molar-refractivity contribution in [3.05, 3.63) is 0 Å². The van der Waals surface area contributed by atoms with Crippen molar-refractivity contribution in [2.24, 2.45) is 11.8 Å². The first-order valence-electron chi connectivity index (χ1n) is 5.15. The first kappa shape index (κ1) is 10.5. The highest BCUT2D eigenvalue weighted by molar-refractivity contribution is 5.75. The molecule has 1 amide bonds. The summed E-state index contributed by atoms with van der Waals surface area (Å²) in [5.74, 6) is 1.79. The highest BCUT2D eigenvalue weighted by Crippen LogP contribution is 2.36. The van der Waals surface area contributed by atoms with Gasteiger partial charge in [0.1, 0.15) is 0 Å². The van der Waals surface area contributed by atoms with Crippen molar-refractivity contribution in [1.29, 1.82) is 0 Å². The first-order chi connectivity index (χ1) is 6.24. The summed E-state index contributed by atoms with van der Waals surface area (Å²) in [5.41, 5.74) is 0. The van der Waals surface area contributed by atoms with Gasteiger partial charge in [-0.1, -0.05) is 6.92 Å². The molecule has 0 aliphatic heterocycles. The van der Waals surface area contributed by atoms with E-state index >= 15 is 0 Å². The van der Waals surface area contributed by atoms with Crippen molar-refractivity contribution in [3.63, 3.8) is 0 Å². The summed E-state index contributed by atoms with van der Waals surface area (Å²) in [6.07, 6.45) is 2.88. The molecule has 0 aromatic heterocycles. The van der Waals surface area contributed by atoms with Crippen LogP contribution in [0.5, 0.6) is 0 Å². The van der Waals surface area contributed by atoms with Crippen LogP contribution >= 0.6 is 0 Å². The van der Waals surface area contributed by atoms with Crippen LogP contribution in [0.15, 0.2) is 0 Å². The zero-order chi connectivity index (χ0) is 9.68. The molecule has 2 unspecified atom stereocenters.